The van der Waals surface area contributed by atoms with Crippen LogP contribution in [0.5, 0.6) is 0 Å². The molecule has 0 heterocycles. The highest BCUT2D eigenvalue weighted by Gasteiger charge is 2.21. The van der Waals surface area contributed by atoms with Gasteiger partial charge in [-0.15, -0.1) is 0 Å². The van der Waals surface area contributed by atoms with Gasteiger partial charge in [0.2, 0.25) is 0 Å². The molecular formula is C7H13ClOSi. The molecule has 10 heavy (non-hydrogen) atoms. The van der Waals surface area contributed by atoms with Gasteiger partial charge in [0.1, 0.15) is 13.5 Å². The largest absolute Gasteiger partial charge is 0.301 e. The van der Waals surface area contributed by atoms with Crippen molar-refractivity contribution in [2.45, 2.75) is 26.6 Å². The Morgan fingerprint density at radius 3 is 1.90 bits per heavy atom. The van der Waals surface area contributed by atoms with Crippen molar-refractivity contribution in [2.75, 3.05) is 0 Å². The number of allylic oxidation sites excluding steroid dienone is 2. The lowest BCUT2D eigenvalue weighted by Crippen LogP contribution is -2.31. The van der Waals surface area contributed by atoms with E-state index in [9.17, 15) is 4.79 Å². The van der Waals surface area contributed by atoms with Crippen LogP contribution in [0.3, 0.4) is 0 Å². The van der Waals surface area contributed by atoms with Crippen LogP contribution in [-0.2, 0) is 4.79 Å². The lowest BCUT2D eigenvalue weighted by Gasteiger charge is -2.09. The number of halogens is 1. The fourth-order valence-electron chi connectivity index (χ4n) is 0.397. The molecule has 0 N–H and O–H groups in total. The standard InChI is InChI=1S/C7H13ClOSi/c1-6(8)5-7(9)10(2,3)4/h5H,1-4H3/b6-5+. The van der Waals surface area contributed by atoms with Crippen molar-refractivity contribution < 1.29 is 4.79 Å². The average Bonchev–Trinajstić information content (AvgIpc) is 1.60. The van der Waals surface area contributed by atoms with Crippen molar-refractivity contribution in [1.82, 2.24) is 0 Å². The third-order valence-corrected chi connectivity index (χ3v) is 2.80. The van der Waals surface area contributed by atoms with Gasteiger partial charge in [-0.05, 0) is 13.0 Å². The molecule has 0 aliphatic carbocycles. The van der Waals surface area contributed by atoms with Crippen LogP contribution in [-0.4, -0.2) is 13.5 Å². The van der Waals surface area contributed by atoms with Crippen LogP contribution in [0.15, 0.2) is 11.1 Å². The highest BCUT2D eigenvalue weighted by molar-refractivity contribution is 7.05. The SMILES string of the molecule is C/C(Cl)=C\C(=O)[Si](C)(C)C. The fraction of sp³-hybridized carbons (Fsp3) is 0.571. The van der Waals surface area contributed by atoms with E-state index >= 15 is 0 Å². The summed E-state index contributed by atoms with van der Waals surface area (Å²) in [5, 5.41) is 0.785. The Morgan fingerprint density at radius 1 is 1.40 bits per heavy atom. The first-order valence-electron chi connectivity index (χ1n) is 3.22. The van der Waals surface area contributed by atoms with Gasteiger partial charge in [-0.25, -0.2) is 0 Å². The number of rotatable bonds is 2. The van der Waals surface area contributed by atoms with E-state index in [0.29, 0.717) is 5.03 Å². The highest BCUT2D eigenvalue weighted by atomic mass is 35.5. The van der Waals surface area contributed by atoms with Crippen LogP contribution in [0.1, 0.15) is 6.92 Å². The van der Waals surface area contributed by atoms with Gasteiger partial charge in [-0.3, -0.25) is 0 Å². The maximum atomic E-state index is 11.2. The summed E-state index contributed by atoms with van der Waals surface area (Å²) < 4.78 is 0. The normalized spacial score (nSPS) is 13.5. The minimum Gasteiger partial charge on any atom is -0.301 e. The summed E-state index contributed by atoms with van der Waals surface area (Å²) in [7, 11) is -1.62. The van der Waals surface area contributed by atoms with Crippen molar-refractivity contribution in [2.24, 2.45) is 0 Å². The third-order valence-electron chi connectivity index (χ3n) is 1.07. The summed E-state index contributed by atoms with van der Waals surface area (Å²) in [4.78, 5) is 11.2. The molecule has 0 aromatic carbocycles. The summed E-state index contributed by atoms with van der Waals surface area (Å²) in [6.07, 6.45) is 1.52. The summed E-state index contributed by atoms with van der Waals surface area (Å²) in [6, 6.07) is 0. The molecule has 58 valence electrons. The molecule has 0 atom stereocenters. The van der Waals surface area contributed by atoms with E-state index in [2.05, 4.69) is 0 Å². The number of hydrogen-bond donors (Lipinski definition) is 0. The van der Waals surface area contributed by atoms with Crippen LogP contribution in [0.4, 0.5) is 0 Å². The molecule has 0 amide bonds. The van der Waals surface area contributed by atoms with Crippen LogP contribution < -0.4 is 0 Å². The monoisotopic (exact) mass is 176 g/mol. The van der Waals surface area contributed by atoms with Crippen molar-refractivity contribution in [3.63, 3.8) is 0 Å². The lowest BCUT2D eigenvalue weighted by atomic mass is 10.6. The summed E-state index contributed by atoms with van der Waals surface area (Å²) in [6.45, 7) is 7.74. The second-order valence-electron chi connectivity index (χ2n) is 3.35. The van der Waals surface area contributed by atoms with E-state index in [1.54, 1.807) is 6.92 Å². The first-order chi connectivity index (χ1) is 4.34. The molecule has 0 bridgehead atoms. The minimum absolute atomic E-state index is 0.208. The van der Waals surface area contributed by atoms with Crippen LogP contribution in [0.2, 0.25) is 19.6 Å². The van der Waals surface area contributed by atoms with Gasteiger partial charge in [-0.2, -0.15) is 0 Å². The molecule has 0 aliphatic rings. The summed E-state index contributed by atoms with van der Waals surface area (Å²) >= 11 is 5.54. The van der Waals surface area contributed by atoms with Crippen LogP contribution in [0.25, 0.3) is 0 Å². The Kier molecular flexibility index (Phi) is 3.32. The van der Waals surface area contributed by atoms with Crippen LogP contribution in [0, 0.1) is 0 Å². The summed E-state index contributed by atoms with van der Waals surface area (Å²) in [5.74, 6) is 0. The van der Waals surface area contributed by atoms with Gasteiger partial charge in [-0.1, -0.05) is 31.2 Å². The van der Waals surface area contributed by atoms with Gasteiger partial charge in [0, 0.05) is 5.03 Å². The minimum atomic E-state index is -1.62. The van der Waals surface area contributed by atoms with Crippen molar-refractivity contribution in [3.05, 3.63) is 11.1 Å². The van der Waals surface area contributed by atoms with Gasteiger partial charge in [0.15, 0.2) is 0 Å². The smallest absolute Gasteiger partial charge is 0.133 e. The van der Waals surface area contributed by atoms with Crippen LogP contribution >= 0.6 is 11.6 Å². The molecule has 0 radical (unpaired) electrons. The predicted octanol–water partition coefficient (Wildman–Crippen LogP) is 2.58. The molecule has 0 saturated carbocycles. The van der Waals surface area contributed by atoms with E-state index in [1.807, 2.05) is 19.6 Å². The molecule has 0 spiro atoms. The molecule has 0 rings (SSSR count). The fourth-order valence-corrected chi connectivity index (χ4v) is 1.24. The molecule has 1 nitrogen and oxygen atoms in total. The Balaban J connectivity index is 4.27. The molecule has 0 unspecified atom stereocenters. The van der Waals surface area contributed by atoms with E-state index < -0.39 is 8.07 Å². The maximum absolute atomic E-state index is 11.2. The third kappa shape index (κ3) is 3.85. The second-order valence-corrected chi connectivity index (χ2v) is 8.93. The first kappa shape index (κ1) is 9.92. The molecular weight excluding hydrogens is 164 g/mol. The van der Waals surface area contributed by atoms with Gasteiger partial charge in [0.25, 0.3) is 0 Å². The molecule has 0 aliphatic heterocycles. The highest BCUT2D eigenvalue weighted by Crippen LogP contribution is 2.06. The average molecular weight is 177 g/mol. The molecule has 0 saturated heterocycles. The zero-order chi connectivity index (χ0) is 8.36. The molecule has 0 fully saturated rings. The van der Waals surface area contributed by atoms with Crippen molar-refractivity contribution in [1.29, 1.82) is 0 Å². The number of carbonyl (C=O) groups is 1. The number of carbonyl (C=O) groups excluding carboxylic acids is 1. The predicted molar refractivity (Wildman–Crippen MR) is 48.0 cm³/mol. The summed E-state index contributed by atoms with van der Waals surface area (Å²) in [5.41, 5.74) is 0. The van der Waals surface area contributed by atoms with E-state index in [-0.39, 0.29) is 5.41 Å². The maximum Gasteiger partial charge on any atom is 0.133 e. The van der Waals surface area contributed by atoms with Crippen molar-refractivity contribution >= 4 is 25.1 Å². The van der Waals surface area contributed by atoms with Gasteiger partial charge < -0.3 is 4.79 Å². The van der Waals surface area contributed by atoms with E-state index in [1.165, 1.54) is 6.08 Å². The molecule has 3 heteroatoms. The lowest BCUT2D eigenvalue weighted by molar-refractivity contribution is -0.108. The Bertz CT molecular complexity index is 163. The Morgan fingerprint density at radius 2 is 1.80 bits per heavy atom. The Hall–Kier alpha value is -0.0831. The van der Waals surface area contributed by atoms with Gasteiger partial charge in [0.05, 0.1) is 0 Å². The van der Waals surface area contributed by atoms with E-state index in [4.69, 9.17) is 11.6 Å². The quantitative estimate of drug-likeness (QED) is 0.467. The second kappa shape index (κ2) is 3.35. The zero-order valence-corrected chi connectivity index (χ0v) is 8.62. The first-order valence-corrected chi connectivity index (χ1v) is 7.10. The molecule has 0 aromatic heterocycles. The van der Waals surface area contributed by atoms with Gasteiger partial charge >= 0.3 is 0 Å². The van der Waals surface area contributed by atoms with E-state index in [0.717, 1.165) is 0 Å². The topological polar surface area (TPSA) is 17.1 Å². The molecule has 0 aromatic rings. The Labute approximate surface area is 68.1 Å². The number of hydrogen-bond acceptors (Lipinski definition) is 1. The van der Waals surface area contributed by atoms with Crippen molar-refractivity contribution in [3.8, 4) is 0 Å². The zero-order valence-electron chi connectivity index (χ0n) is 6.86.